The standard InChI is InChI=1S/C6H12BrNO2/c1-8(2,3)5(4-7)6(9)10/h5H,4H2,1-3H3. The Morgan fingerprint density at radius 1 is 1.60 bits per heavy atom. The quantitative estimate of drug-likeness (QED) is 0.452. The number of carboxylic acid groups (broad SMARTS) is 1. The first-order chi connectivity index (χ1) is 4.39. The molecule has 1 unspecified atom stereocenters. The zero-order chi connectivity index (χ0) is 8.36. The summed E-state index contributed by atoms with van der Waals surface area (Å²) in [4.78, 5) is 10.4. The van der Waals surface area contributed by atoms with Crippen LogP contribution in [0, 0.1) is 0 Å². The van der Waals surface area contributed by atoms with Gasteiger partial charge in [0.25, 0.3) is 0 Å². The highest BCUT2D eigenvalue weighted by molar-refractivity contribution is 9.09. The van der Waals surface area contributed by atoms with E-state index in [2.05, 4.69) is 15.9 Å². The molecule has 0 aliphatic rings. The van der Waals surface area contributed by atoms with Crippen molar-refractivity contribution >= 4 is 21.9 Å². The van der Waals surface area contributed by atoms with Crippen molar-refractivity contribution < 1.29 is 14.4 Å². The van der Waals surface area contributed by atoms with Crippen LogP contribution in [0.1, 0.15) is 0 Å². The minimum absolute atomic E-state index is 0.383. The van der Waals surface area contributed by atoms with Crippen molar-refractivity contribution in [1.29, 1.82) is 0 Å². The predicted octanol–water partition coefficient (Wildman–Crippen LogP) is -0.794. The van der Waals surface area contributed by atoms with Gasteiger partial charge in [0.05, 0.1) is 26.5 Å². The fourth-order valence-corrected chi connectivity index (χ4v) is 1.72. The summed E-state index contributed by atoms with van der Waals surface area (Å²) in [7, 11) is 5.46. The van der Waals surface area contributed by atoms with Crippen LogP contribution in [0.4, 0.5) is 0 Å². The molecule has 0 rings (SSSR count). The molecule has 0 saturated carbocycles. The molecule has 0 bridgehead atoms. The number of alkyl halides is 1. The summed E-state index contributed by atoms with van der Waals surface area (Å²) < 4.78 is 0.383. The fraction of sp³-hybridized carbons (Fsp3) is 0.833. The van der Waals surface area contributed by atoms with Crippen LogP contribution in [-0.2, 0) is 4.79 Å². The van der Waals surface area contributed by atoms with E-state index in [1.165, 1.54) is 0 Å². The summed E-state index contributed by atoms with van der Waals surface area (Å²) in [6.07, 6.45) is 0. The molecular weight excluding hydrogens is 198 g/mol. The molecule has 0 amide bonds. The molecule has 3 nitrogen and oxygen atoms in total. The number of aliphatic carboxylic acids is 1. The molecular formula is C6H12BrNO2. The Bertz CT molecular complexity index is 130. The lowest BCUT2D eigenvalue weighted by Gasteiger charge is -2.33. The first kappa shape index (κ1) is 9.91. The van der Waals surface area contributed by atoms with Crippen molar-refractivity contribution in [3.63, 3.8) is 0 Å². The van der Waals surface area contributed by atoms with Gasteiger partial charge < -0.3 is 14.4 Å². The summed E-state index contributed by atoms with van der Waals surface area (Å²) in [5.74, 6) is -1.01. The number of nitrogens with zero attached hydrogens (tertiary/aromatic N) is 1. The summed E-state index contributed by atoms with van der Waals surface area (Å²) in [5, 5.41) is 10.8. The van der Waals surface area contributed by atoms with Crippen LogP contribution >= 0.6 is 15.9 Å². The molecule has 0 N–H and O–H groups in total. The van der Waals surface area contributed by atoms with Gasteiger partial charge in [-0.3, -0.25) is 0 Å². The van der Waals surface area contributed by atoms with E-state index < -0.39 is 12.0 Å². The van der Waals surface area contributed by atoms with E-state index in [4.69, 9.17) is 0 Å². The maximum absolute atomic E-state index is 10.4. The third-order valence-corrected chi connectivity index (χ3v) is 1.97. The lowest BCUT2D eigenvalue weighted by molar-refractivity contribution is -0.886. The lowest BCUT2D eigenvalue weighted by atomic mass is 10.3. The number of rotatable bonds is 3. The van der Waals surface area contributed by atoms with Crippen molar-refractivity contribution in [2.75, 3.05) is 26.5 Å². The molecule has 0 aliphatic carbocycles. The van der Waals surface area contributed by atoms with Crippen LogP contribution in [0.15, 0.2) is 0 Å². The molecule has 0 aromatic heterocycles. The van der Waals surface area contributed by atoms with Gasteiger partial charge in [-0.1, -0.05) is 15.9 Å². The topological polar surface area (TPSA) is 40.1 Å². The molecule has 4 heteroatoms. The number of hydrogen-bond donors (Lipinski definition) is 0. The van der Waals surface area contributed by atoms with Crippen LogP contribution < -0.4 is 5.11 Å². The van der Waals surface area contributed by atoms with E-state index in [0.29, 0.717) is 9.81 Å². The van der Waals surface area contributed by atoms with E-state index in [9.17, 15) is 9.90 Å². The van der Waals surface area contributed by atoms with Gasteiger partial charge in [-0.2, -0.15) is 0 Å². The van der Waals surface area contributed by atoms with Gasteiger partial charge in [0.2, 0.25) is 0 Å². The van der Waals surface area contributed by atoms with E-state index in [1.54, 1.807) is 0 Å². The van der Waals surface area contributed by atoms with Crippen molar-refractivity contribution in [1.82, 2.24) is 0 Å². The first-order valence-corrected chi connectivity index (χ1v) is 4.09. The van der Waals surface area contributed by atoms with Gasteiger partial charge >= 0.3 is 0 Å². The van der Waals surface area contributed by atoms with Crippen molar-refractivity contribution in [2.24, 2.45) is 0 Å². The SMILES string of the molecule is C[N+](C)(C)C(CBr)C(=O)[O-]. The smallest absolute Gasteiger partial charge is 0.138 e. The van der Waals surface area contributed by atoms with Gasteiger partial charge in [0.15, 0.2) is 0 Å². The predicted molar refractivity (Wildman–Crippen MR) is 40.6 cm³/mol. The van der Waals surface area contributed by atoms with Gasteiger partial charge in [0, 0.05) is 0 Å². The highest BCUT2D eigenvalue weighted by Crippen LogP contribution is 2.04. The summed E-state index contributed by atoms with van der Waals surface area (Å²) >= 11 is 3.12. The van der Waals surface area contributed by atoms with E-state index in [0.717, 1.165) is 0 Å². The molecule has 1 atom stereocenters. The molecule has 60 valence electrons. The molecule has 0 spiro atoms. The van der Waals surface area contributed by atoms with E-state index in [1.807, 2.05) is 21.1 Å². The Hall–Kier alpha value is -0.0900. The maximum atomic E-state index is 10.4. The van der Waals surface area contributed by atoms with Gasteiger partial charge in [-0.25, -0.2) is 0 Å². The van der Waals surface area contributed by atoms with E-state index >= 15 is 0 Å². The molecule has 0 aliphatic heterocycles. The monoisotopic (exact) mass is 209 g/mol. The van der Waals surface area contributed by atoms with Crippen molar-refractivity contribution in [3.8, 4) is 0 Å². The number of carbonyl (C=O) groups excluding carboxylic acids is 1. The zero-order valence-electron chi connectivity index (χ0n) is 6.43. The molecule has 0 saturated heterocycles. The Labute approximate surface area is 69.4 Å². The minimum atomic E-state index is -1.01. The maximum Gasteiger partial charge on any atom is 0.138 e. The molecule has 0 aromatic rings. The van der Waals surface area contributed by atoms with Crippen molar-refractivity contribution in [2.45, 2.75) is 6.04 Å². The summed E-state index contributed by atoms with van der Waals surface area (Å²) in [6.45, 7) is 0. The average molecular weight is 210 g/mol. The molecule has 0 heterocycles. The number of carbonyl (C=O) groups is 1. The largest absolute Gasteiger partial charge is 0.544 e. The third kappa shape index (κ3) is 2.66. The fourth-order valence-electron chi connectivity index (χ4n) is 0.586. The number of carboxylic acids is 1. The Morgan fingerprint density at radius 3 is 2.00 bits per heavy atom. The zero-order valence-corrected chi connectivity index (χ0v) is 8.01. The van der Waals surface area contributed by atoms with Gasteiger partial charge in [-0.05, 0) is 0 Å². The molecule has 0 radical (unpaired) electrons. The van der Waals surface area contributed by atoms with Crippen LogP contribution in [0.3, 0.4) is 0 Å². The Morgan fingerprint density at radius 2 is 2.00 bits per heavy atom. The molecule has 10 heavy (non-hydrogen) atoms. The second kappa shape index (κ2) is 3.34. The number of likely N-dealkylation sites (N-methyl/N-ethyl adjacent to an activating group) is 1. The molecule has 0 aromatic carbocycles. The van der Waals surface area contributed by atoms with Gasteiger partial charge in [0.1, 0.15) is 12.0 Å². The van der Waals surface area contributed by atoms with Crippen LogP contribution in [0.2, 0.25) is 0 Å². The first-order valence-electron chi connectivity index (χ1n) is 2.97. The Balaban J connectivity index is 4.22. The summed E-state index contributed by atoms with van der Waals surface area (Å²) in [5.41, 5.74) is 0. The Kier molecular flexibility index (Phi) is 3.31. The second-order valence-electron chi connectivity index (χ2n) is 3.11. The van der Waals surface area contributed by atoms with E-state index in [-0.39, 0.29) is 0 Å². The van der Waals surface area contributed by atoms with Crippen LogP contribution in [-0.4, -0.2) is 43.0 Å². The van der Waals surface area contributed by atoms with Crippen LogP contribution in [0.5, 0.6) is 0 Å². The van der Waals surface area contributed by atoms with Gasteiger partial charge in [-0.15, -0.1) is 0 Å². The third-order valence-electron chi connectivity index (χ3n) is 1.35. The normalized spacial score (nSPS) is 14.8. The number of halogens is 1. The highest BCUT2D eigenvalue weighted by atomic mass is 79.9. The molecule has 0 fully saturated rings. The highest BCUT2D eigenvalue weighted by Gasteiger charge is 2.23. The van der Waals surface area contributed by atoms with Crippen LogP contribution in [0.25, 0.3) is 0 Å². The summed E-state index contributed by atoms with van der Waals surface area (Å²) in [6, 6.07) is -0.472. The number of hydrogen-bond acceptors (Lipinski definition) is 2. The lowest BCUT2D eigenvalue weighted by Crippen LogP contribution is -2.55. The number of quaternary nitrogens is 1. The average Bonchev–Trinajstić information content (AvgIpc) is 1.60. The minimum Gasteiger partial charge on any atom is -0.544 e. The van der Waals surface area contributed by atoms with Crippen molar-refractivity contribution in [3.05, 3.63) is 0 Å². The second-order valence-corrected chi connectivity index (χ2v) is 3.75.